The maximum absolute atomic E-state index is 12.4. The number of hydrogen-bond acceptors (Lipinski definition) is 9. The standard InChI is InChI=1S/C17H23NO5.C15H19NO5/c1-5-8-18-15(19)14-12(16(20)22-6-2)9-11(4)10-13(14)17(21)23-7-3;1-4-6-16(3)13(17)10-7-11(14(18)19)9-12(8-10)15(20)21-5-2/h9-10H,5-8H2,1-4H3,(H,18,19);7-9H,4-6H2,1-3H3,(H,18,19). The van der Waals surface area contributed by atoms with Crippen molar-refractivity contribution in [3.05, 3.63) is 69.3 Å². The largest absolute Gasteiger partial charge is 0.478 e. The lowest BCUT2D eigenvalue weighted by atomic mass is 9.97. The second-order valence-corrected chi connectivity index (χ2v) is 9.48. The first-order valence-electron chi connectivity index (χ1n) is 14.4. The van der Waals surface area contributed by atoms with Gasteiger partial charge in [-0.15, -0.1) is 0 Å². The van der Waals surface area contributed by atoms with E-state index in [1.54, 1.807) is 46.9 Å². The topological polar surface area (TPSA) is 166 Å². The zero-order chi connectivity index (χ0) is 33.4. The van der Waals surface area contributed by atoms with E-state index in [1.165, 1.54) is 23.1 Å². The first-order valence-corrected chi connectivity index (χ1v) is 14.4. The first kappa shape index (κ1) is 37.3. The summed E-state index contributed by atoms with van der Waals surface area (Å²) in [4.78, 5) is 73.4. The van der Waals surface area contributed by atoms with Crippen molar-refractivity contribution in [3.8, 4) is 0 Å². The molecule has 2 rings (SSSR count). The molecule has 12 nitrogen and oxygen atoms in total. The number of amides is 2. The van der Waals surface area contributed by atoms with Gasteiger partial charge in [0.25, 0.3) is 11.8 Å². The number of aryl methyl sites for hydroxylation is 1. The molecule has 12 heteroatoms. The molecule has 2 aromatic rings. The van der Waals surface area contributed by atoms with Crippen LogP contribution >= 0.6 is 0 Å². The van der Waals surface area contributed by atoms with Crippen LogP contribution in [-0.2, 0) is 14.2 Å². The van der Waals surface area contributed by atoms with Gasteiger partial charge in [-0.3, -0.25) is 9.59 Å². The van der Waals surface area contributed by atoms with Gasteiger partial charge in [0, 0.05) is 25.7 Å². The van der Waals surface area contributed by atoms with Crippen LogP contribution in [0.3, 0.4) is 0 Å². The van der Waals surface area contributed by atoms with E-state index in [-0.39, 0.29) is 59.1 Å². The lowest BCUT2D eigenvalue weighted by molar-refractivity contribution is 0.0508. The maximum Gasteiger partial charge on any atom is 0.338 e. The molecule has 0 atom stereocenters. The van der Waals surface area contributed by atoms with E-state index in [1.807, 2.05) is 13.8 Å². The van der Waals surface area contributed by atoms with Crippen LogP contribution in [0.2, 0.25) is 0 Å². The highest BCUT2D eigenvalue weighted by atomic mass is 16.5. The molecule has 0 aliphatic heterocycles. The predicted molar refractivity (Wildman–Crippen MR) is 162 cm³/mol. The number of carbonyl (C=O) groups is 6. The molecule has 0 bridgehead atoms. The fraction of sp³-hybridized carbons (Fsp3) is 0.438. The Labute approximate surface area is 257 Å². The van der Waals surface area contributed by atoms with E-state index in [9.17, 15) is 28.8 Å². The number of carboxylic acids is 1. The molecule has 0 aliphatic rings. The highest BCUT2D eigenvalue weighted by molar-refractivity contribution is 6.12. The predicted octanol–water partition coefficient (Wildman–Crippen LogP) is 4.53. The summed E-state index contributed by atoms with van der Waals surface area (Å²) >= 11 is 0. The molecule has 2 N–H and O–H groups in total. The van der Waals surface area contributed by atoms with Gasteiger partial charge in [-0.1, -0.05) is 13.8 Å². The smallest absolute Gasteiger partial charge is 0.338 e. The molecule has 0 radical (unpaired) electrons. The number of hydrogen-bond donors (Lipinski definition) is 2. The van der Waals surface area contributed by atoms with Gasteiger partial charge in [0.2, 0.25) is 0 Å². The number of rotatable bonds is 13. The summed E-state index contributed by atoms with van der Waals surface area (Å²) < 4.78 is 14.9. The molecule has 0 saturated carbocycles. The minimum atomic E-state index is -1.20. The summed E-state index contributed by atoms with van der Waals surface area (Å²) in [6, 6.07) is 6.92. The van der Waals surface area contributed by atoms with Crippen molar-refractivity contribution < 1.29 is 48.1 Å². The summed E-state index contributed by atoms with van der Waals surface area (Å²) in [7, 11) is 1.63. The molecule has 0 aliphatic carbocycles. The monoisotopic (exact) mass is 614 g/mol. The van der Waals surface area contributed by atoms with Gasteiger partial charge in [-0.2, -0.15) is 0 Å². The Bertz CT molecular complexity index is 1310. The molecule has 0 unspecified atom stereocenters. The summed E-state index contributed by atoms with van der Waals surface area (Å²) in [6.45, 7) is 12.1. The molecular weight excluding hydrogens is 572 g/mol. The third-order valence-electron chi connectivity index (χ3n) is 5.88. The van der Waals surface area contributed by atoms with E-state index in [0.717, 1.165) is 12.8 Å². The van der Waals surface area contributed by atoms with Crippen LogP contribution in [0.5, 0.6) is 0 Å². The third kappa shape index (κ3) is 10.8. The highest BCUT2D eigenvalue weighted by Crippen LogP contribution is 2.21. The van der Waals surface area contributed by atoms with Crippen molar-refractivity contribution in [2.75, 3.05) is 40.0 Å². The number of aromatic carboxylic acids is 1. The number of nitrogens with zero attached hydrogens (tertiary/aromatic N) is 1. The quantitative estimate of drug-likeness (QED) is 0.242. The molecular formula is C32H42N2O10. The average Bonchev–Trinajstić information content (AvgIpc) is 2.99. The van der Waals surface area contributed by atoms with Crippen molar-refractivity contribution in [1.82, 2.24) is 10.2 Å². The minimum absolute atomic E-state index is 0.000880. The van der Waals surface area contributed by atoms with Gasteiger partial charge in [-0.05, 0) is 76.4 Å². The highest BCUT2D eigenvalue weighted by Gasteiger charge is 2.26. The number of benzene rings is 2. The van der Waals surface area contributed by atoms with Gasteiger partial charge in [0.1, 0.15) is 0 Å². The van der Waals surface area contributed by atoms with Crippen LogP contribution in [-0.4, -0.2) is 85.7 Å². The number of nitrogens with one attached hydrogen (secondary N) is 1. The molecule has 0 heterocycles. The Hall–Kier alpha value is -4.74. The van der Waals surface area contributed by atoms with Gasteiger partial charge in [0.05, 0.1) is 47.6 Å². The average molecular weight is 615 g/mol. The molecule has 0 saturated heterocycles. The van der Waals surface area contributed by atoms with Crippen molar-refractivity contribution in [2.24, 2.45) is 0 Å². The Morgan fingerprint density at radius 2 is 1.18 bits per heavy atom. The normalized spacial score (nSPS) is 10.1. The zero-order valence-electron chi connectivity index (χ0n) is 26.4. The van der Waals surface area contributed by atoms with E-state index in [0.29, 0.717) is 18.7 Å². The summed E-state index contributed by atoms with van der Waals surface area (Å²) in [5, 5.41) is 11.8. The molecule has 0 aromatic heterocycles. The fourth-order valence-corrected chi connectivity index (χ4v) is 3.96. The summed E-state index contributed by atoms with van der Waals surface area (Å²) in [6.07, 6.45) is 1.52. The lowest BCUT2D eigenvalue weighted by Gasteiger charge is -2.16. The van der Waals surface area contributed by atoms with Crippen LogP contribution < -0.4 is 5.32 Å². The SMILES string of the molecule is CCCN(C)C(=O)c1cc(C(=O)O)cc(C(=O)OCC)c1.CCCNC(=O)c1c(C(=O)OCC)cc(C)cc1C(=O)OCC. The molecule has 2 aromatic carbocycles. The number of esters is 3. The zero-order valence-corrected chi connectivity index (χ0v) is 26.4. The second kappa shape index (κ2) is 18.7. The van der Waals surface area contributed by atoms with Crippen LogP contribution in [0.4, 0.5) is 0 Å². The van der Waals surface area contributed by atoms with Crippen LogP contribution in [0.25, 0.3) is 0 Å². The Morgan fingerprint density at radius 1 is 0.705 bits per heavy atom. The van der Waals surface area contributed by atoms with Crippen molar-refractivity contribution >= 4 is 35.7 Å². The Balaban J connectivity index is 0.000000442. The van der Waals surface area contributed by atoms with E-state index >= 15 is 0 Å². The molecule has 0 spiro atoms. The minimum Gasteiger partial charge on any atom is -0.478 e. The summed E-state index contributed by atoms with van der Waals surface area (Å²) in [5.41, 5.74) is 0.920. The second-order valence-electron chi connectivity index (χ2n) is 9.48. The van der Waals surface area contributed by atoms with Gasteiger partial charge >= 0.3 is 23.9 Å². The number of carbonyl (C=O) groups excluding carboxylic acids is 5. The number of ether oxygens (including phenoxy) is 3. The lowest BCUT2D eigenvalue weighted by Crippen LogP contribution is -2.29. The van der Waals surface area contributed by atoms with Gasteiger partial charge < -0.3 is 29.5 Å². The fourth-order valence-electron chi connectivity index (χ4n) is 3.96. The van der Waals surface area contributed by atoms with Gasteiger partial charge in [-0.25, -0.2) is 19.2 Å². The Morgan fingerprint density at radius 3 is 1.64 bits per heavy atom. The van der Waals surface area contributed by atoms with Crippen LogP contribution in [0.15, 0.2) is 30.3 Å². The molecule has 44 heavy (non-hydrogen) atoms. The van der Waals surface area contributed by atoms with Crippen LogP contribution in [0, 0.1) is 6.92 Å². The van der Waals surface area contributed by atoms with Crippen molar-refractivity contribution in [1.29, 1.82) is 0 Å². The third-order valence-corrected chi connectivity index (χ3v) is 5.88. The first-order chi connectivity index (χ1) is 20.9. The molecule has 0 fully saturated rings. The van der Waals surface area contributed by atoms with Gasteiger partial charge in [0.15, 0.2) is 0 Å². The van der Waals surface area contributed by atoms with Crippen molar-refractivity contribution in [2.45, 2.75) is 54.4 Å². The maximum atomic E-state index is 12.4. The van der Waals surface area contributed by atoms with Crippen LogP contribution in [0.1, 0.15) is 115 Å². The van der Waals surface area contributed by atoms with E-state index in [2.05, 4.69) is 5.32 Å². The number of carboxylic acid groups (broad SMARTS) is 1. The molecule has 240 valence electrons. The molecule has 2 amide bonds. The van der Waals surface area contributed by atoms with Crippen molar-refractivity contribution in [3.63, 3.8) is 0 Å². The van der Waals surface area contributed by atoms with E-state index < -0.39 is 29.8 Å². The Kier molecular flexibility index (Phi) is 15.9. The van der Waals surface area contributed by atoms with E-state index in [4.69, 9.17) is 19.3 Å². The summed E-state index contributed by atoms with van der Waals surface area (Å²) in [5.74, 6) is -3.93.